The molecule has 0 aromatic heterocycles. The Kier molecular flexibility index (Phi) is 4.47. The lowest BCUT2D eigenvalue weighted by atomic mass is 9.94. The minimum absolute atomic E-state index is 0.128. The van der Waals surface area contributed by atoms with Crippen LogP contribution in [0.3, 0.4) is 0 Å². The number of amides is 1. The third-order valence-electron chi connectivity index (χ3n) is 4.50. The summed E-state index contributed by atoms with van der Waals surface area (Å²) < 4.78 is 27.1. The van der Waals surface area contributed by atoms with Gasteiger partial charge in [-0.1, -0.05) is 13.8 Å². The van der Waals surface area contributed by atoms with E-state index >= 15 is 0 Å². The topological polar surface area (TPSA) is 66.5 Å². The molecular formula is C17H24N2O3S. The first kappa shape index (κ1) is 16.5. The van der Waals surface area contributed by atoms with Gasteiger partial charge in [0.15, 0.2) is 0 Å². The highest BCUT2D eigenvalue weighted by atomic mass is 32.2. The summed E-state index contributed by atoms with van der Waals surface area (Å²) in [6.07, 6.45) is 3.12. The standard InChI is InChI=1S/C17H24N2O3S/c1-12-9-13(2)11-19(10-12)23(21,22)16-7-3-14(4-8-16)17(20)18-15-5-6-15/h3-4,7-8,12-13,15H,5-6,9-11H2,1-2H3,(H,18,20)/t12-,13-/m1/s1. The molecular weight excluding hydrogens is 312 g/mol. The van der Waals surface area contributed by atoms with Crippen LogP contribution in [-0.4, -0.2) is 37.8 Å². The smallest absolute Gasteiger partial charge is 0.251 e. The Bertz CT molecular complexity index is 670. The summed E-state index contributed by atoms with van der Waals surface area (Å²) in [5.74, 6) is 0.617. The van der Waals surface area contributed by atoms with E-state index < -0.39 is 10.0 Å². The number of nitrogens with zero attached hydrogens (tertiary/aromatic N) is 1. The summed E-state index contributed by atoms with van der Waals surface area (Å²) in [4.78, 5) is 12.2. The fourth-order valence-corrected chi connectivity index (χ4v) is 4.91. The predicted molar refractivity (Wildman–Crippen MR) is 88.6 cm³/mol. The monoisotopic (exact) mass is 336 g/mol. The van der Waals surface area contributed by atoms with E-state index in [-0.39, 0.29) is 10.8 Å². The molecule has 2 fully saturated rings. The van der Waals surface area contributed by atoms with Gasteiger partial charge in [0.2, 0.25) is 10.0 Å². The summed E-state index contributed by atoms with van der Waals surface area (Å²) in [6, 6.07) is 6.58. The molecule has 23 heavy (non-hydrogen) atoms. The molecule has 1 heterocycles. The highest BCUT2D eigenvalue weighted by molar-refractivity contribution is 7.89. The maximum Gasteiger partial charge on any atom is 0.251 e. The summed E-state index contributed by atoms with van der Waals surface area (Å²) >= 11 is 0. The molecule has 1 amide bonds. The minimum Gasteiger partial charge on any atom is -0.349 e. The van der Waals surface area contributed by atoms with Crippen molar-refractivity contribution in [3.05, 3.63) is 29.8 Å². The molecule has 2 aliphatic rings. The highest BCUT2D eigenvalue weighted by Gasteiger charge is 2.31. The number of rotatable bonds is 4. The molecule has 3 rings (SSSR count). The number of sulfonamides is 1. The number of nitrogens with one attached hydrogen (secondary N) is 1. The van der Waals surface area contributed by atoms with Gasteiger partial charge in [0.25, 0.3) is 5.91 Å². The van der Waals surface area contributed by atoms with E-state index in [2.05, 4.69) is 19.2 Å². The first-order chi connectivity index (χ1) is 10.9. The van der Waals surface area contributed by atoms with E-state index in [1.807, 2.05) is 0 Å². The highest BCUT2D eigenvalue weighted by Crippen LogP contribution is 2.27. The van der Waals surface area contributed by atoms with Crippen molar-refractivity contribution in [3.8, 4) is 0 Å². The van der Waals surface area contributed by atoms with Crippen LogP contribution in [0.5, 0.6) is 0 Å². The van der Waals surface area contributed by atoms with E-state index in [1.54, 1.807) is 28.6 Å². The lowest BCUT2D eigenvalue weighted by Crippen LogP contribution is -2.42. The molecule has 5 nitrogen and oxygen atoms in total. The molecule has 0 radical (unpaired) electrons. The van der Waals surface area contributed by atoms with Crippen molar-refractivity contribution in [2.45, 2.75) is 44.0 Å². The number of carbonyl (C=O) groups is 1. The number of hydrogen-bond donors (Lipinski definition) is 1. The summed E-state index contributed by atoms with van der Waals surface area (Å²) in [5, 5.41) is 2.90. The van der Waals surface area contributed by atoms with Crippen LogP contribution < -0.4 is 5.32 Å². The molecule has 6 heteroatoms. The summed E-state index contributed by atoms with van der Waals surface area (Å²) in [5.41, 5.74) is 0.510. The average Bonchev–Trinajstić information content (AvgIpc) is 3.30. The minimum atomic E-state index is -3.48. The lowest BCUT2D eigenvalue weighted by Gasteiger charge is -2.34. The molecule has 1 aliphatic carbocycles. The van der Waals surface area contributed by atoms with Crippen molar-refractivity contribution in [1.82, 2.24) is 9.62 Å². The van der Waals surface area contributed by atoms with Crippen LogP contribution in [0.25, 0.3) is 0 Å². The van der Waals surface area contributed by atoms with Gasteiger partial charge < -0.3 is 5.32 Å². The molecule has 0 bridgehead atoms. The zero-order chi connectivity index (χ0) is 16.6. The number of hydrogen-bond acceptors (Lipinski definition) is 3. The van der Waals surface area contributed by atoms with E-state index in [9.17, 15) is 13.2 Å². The molecule has 126 valence electrons. The lowest BCUT2D eigenvalue weighted by molar-refractivity contribution is 0.0951. The third kappa shape index (κ3) is 3.75. The Labute approximate surface area is 138 Å². The third-order valence-corrected chi connectivity index (χ3v) is 6.35. The number of piperidine rings is 1. The molecule has 1 aromatic rings. The van der Waals surface area contributed by atoms with Crippen molar-refractivity contribution < 1.29 is 13.2 Å². The van der Waals surface area contributed by atoms with Gasteiger partial charge in [0, 0.05) is 24.7 Å². The van der Waals surface area contributed by atoms with Crippen molar-refractivity contribution in [1.29, 1.82) is 0 Å². The summed E-state index contributed by atoms with van der Waals surface area (Å²) in [7, 11) is -3.48. The molecule has 1 saturated heterocycles. The van der Waals surface area contributed by atoms with Crippen LogP contribution >= 0.6 is 0 Å². The Morgan fingerprint density at radius 2 is 1.65 bits per heavy atom. The van der Waals surface area contributed by atoms with E-state index in [4.69, 9.17) is 0 Å². The Balaban J connectivity index is 1.75. The SMILES string of the molecule is C[C@@H]1C[C@@H](C)CN(S(=O)(=O)c2ccc(C(=O)NC3CC3)cc2)C1. The number of carbonyl (C=O) groups excluding carboxylic acids is 1. The first-order valence-corrected chi connectivity index (χ1v) is 9.71. The van der Waals surface area contributed by atoms with Crippen molar-refractivity contribution in [2.24, 2.45) is 11.8 Å². The normalized spacial score (nSPS) is 26.0. The first-order valence-electron chi connectivity index (χ1n) is 8.27. The Morgan fingerprint density at radius 1 is 1.09 bits per heavy atom. The van der Waals surface area contributed by atoms with Gasteiger partial charge in [-0.25, -0.2) is 8.42 Å². The zero-order valence-corrected chi connectivity index (χ0v) is 14.5. The van der Waals surface area contributed by atoms with Gasteiger partial charge in [-0.15, -0.1) is 0 Å². The Morgan fingerprint density at radius 3 is 2.17 bits per heavy atom. The van der Waals surface area contributed by atoms with Crippen LogP contribution in [0.15, 0.2) is 29.2 Å². The van der Waals surface area contributed by atoms with Gasteiger partial charge in [-0.05, 0) is 55.4 Å². The van der Waals surface area contributed by atoms with Crippen LogP contribution in [0.2, 0.25) is 0 Å². The molecule has 0 unspecified atom stereocenters. The average molecular weight is 336 g/mol. The second-order valence-corrected chi connectivity index (χ2v) is 8.98. The molecule has 1 aliphatic heterocycles. The quantitative estimate of drug-likeness (QED) is 0.917. The molecule has 2 atom stereocenters. The zero-order valence-electron chi connectivity index (χ0n) is 13.7. The molecule has 1 aromatic carbocycles. The van der Waals surface area contributed by atoms with Crippen LogP contribution in [-0.2, 0) is 10.0 Å². The fraction of sp³-hybridized carbons (Fsp3) is 0.588. The van der Waals surface area contributed by atoms with Gasteiger partial charge in [0.05, 0.1) is 4.90 Å². The summed E-state index contributed by atoms with van der Waals surface area (Å²) in [6.45, 7) is 5.31. The van der Waals surface area contributed by atoms with Crippen LogP contribution in [0.1, 0.15) is 43.5 Å². The van der Waals surface area contributed by atoms with Crippen LogP contribution in [0, 0.1) is 11.8 Å². The van der Waals surface area contributed by atoms with Crippen molar-refractivity contribution in [3.63, 3.8) is 0 Å². The second-order valence-electron chi connectivity index (χ2n) is 7.04. The van der Waals surface area contributed by atoms with Gasteiger partial charge >= 0.3 is 0 Å². The largest absolute Gasteiger partial charge is 0.349 e. The Hall–Kier alpha value is -1.40. The number of benzene rings is 1. The van der Waals surface area contributed by atoms with E-state index in [0.29, 0.717) is 36.5 Å². The molecule has 1 saturated carbocycles. The second kappa shape index (κ2) is 6.24. The molecule has 1 N–H and O–H groups in total. The fourth-order valence-electron chi connectivity index (χ4n) is 3.23. The molecule has 0 spiro atoms. The van der Waals surface area contributed by atoms with Crippen molar-refractivity contribution >= 4 is 15.9 Å². The van der Waals surface area contributed by atoms with Crippen LogP contribution in [0.4, 0.5) is 0 Å². The van der Waals surface area contributed by atoms with Gasteiger partial charge in [0.1, 0.15) is 0 Å². The maximum atomic E-state index is 12.8. The van der Waals surface area contributed by atoms with E-state index in [1.165, 1.54) is 0 Å². The van der Waals surface area contributed by atoms with E-state index in [0.717, 1.165) is 19.3 Å². The predicted octanol–water partition coefficient (Wildman–Crippen LogP) is 2.25. The van der Waals surface area contributed by atoms with Gasteiger partial charge in [-0.3, -0.25) is 4.79 Å². The van der Waals surface area contributed by atoms with Gasteiger partial charge in [-0.2, -0.15) is 4.31 Å². The van der Waals surface area contributed by atoms with Crippen molar-refractivity contribution in [2.75, 3.05) is 13.1 Å². The maximum absolute atomic E-state index is 12.8.